The Bertz CT molecular complexity index is 519. The van der Waals surface area contributed by atoms with Crippen LogP contribution in [0.4, 0.5) is 4.79 Å². The molecule has 1 aliphatic carbocycles. The molecule has 1 fully saturated rings. The van der Waals surface area contributed by atoms with Gasteiger partial charge in [0, 0.05) is 25.0 Å². The fraction of sp³-hybridized carbons (Fsp3) is 0.533. The van der Waals surface area contributed by atoms with E-state index in [2.05, 4.69) is 15.6 Å². The fourth-order valence-electron chi connectivity index (χ4n) is 2.68. The summed E-state index contributed by atoms with van der Waals surface area (Å²) < 4.78 is 0. The summed E-state index contributed by atoms with van der Waals surface area (Å²) in [4.78, 5) is 27.1. The zero-order chi connectivity index (χ0) is 15.2. The number of carboxylic acid groups (broad SMARTS) is 1. The van der Waals surface area contributed by atoms with Crippen molar-refractivity contribution in [3.8, 4) is 0 Å². The van der Waals surface area contributed by atoms with Gasteiger partial charge in [-0.2, -0.15) is 0 Å². The van der Waals surface area contributed by atoms with E-state index in [1.807, 2.05) is 13.0 Å². The van der Waals surface area contributed by atoms with E-state index in [4.69, 9.17) is 0 Å². The van der Waals surface area contributed by atoms with Crippen LogP contribution in [0.5, 0.6) is 0 Å². The third kappa shape index (κ3) is 4.18. The third-order valence-electron chi connectivity index (χ3n) is 3.99. The molecule has 0 spiro atoms. The van der Waals surface area contributed by atoms with Crippen LogP contribution in [0, 0.1) is 12.8 Å². The molecular weight excluding hydrogens is 270 g/mol. The first kappa shape index (κ1) is 15.3. The van der Waals surface area contributed by atoms with Crippen molar-refractivity contribution in [2.24, 2.45) is 5.92 Å². The first-order valence-electron chi connectivity index (χ1n) is 7.24. The number of aliphatic carboxylic acids is 1. The van der Waals surface area contributed by atoms with Gasteiger partial charge in [0.05, 0.1) is 5.92 Å². The molecule has 21 heavy (non-hydrogen) atoms. The van der Waals surface area contributed by atoms with Crippen molar-refractivity contribution >= 4 is 12.0 Å². The van der Waals surface area contributed by atoms with Crippen LogP contribution in [0.25, 0.3) is 0 Å². The van der Waals surface area contributed by atoms with Crippen molar-refractivity contribution in [2.75, 3.05) is 0 Å². The molecule has 1 heterocycles. The summed E-state index contributed by atoms with van der Waals surface area (Å²) in [5.74, 6) is -1.31. The number of nitrogens with zero attached hydrogens (tertiary/aromatic N) is 1. The summed E-state index contributed by atoms with van der Waals surface area (Å²) in [7, 11) is 0. The van der Waals surface area contributed by atoms with Crippen LogP contribution in [-0.4, -0.2) is 28.1 Å². The summed E-state index contributed by atoms with van der Waals surface area (Å²) in [6.45, 7) is 2.34. The van der Waals surface area contributed by atoms with Crippen molar-refractivity contribution < 1.29 is 14.7 Å². The first-order valence-corrected chi connectivity index (χ1v) is 7.24. The Morgan fingerprint density at radius 2 is 2.14 bits per heavy atom. The molecule has 6 nitrogen and oxygen atoms in total. The lowest BCUT2D eigenvalue weighted by atomic mass is 9.84. The van der Waals surface area contributed by atoms with Crippen LogP contribution < -0.4 is 10.6 Å². The molecule has 1 saturated carbocycles. The Labute approximate surface area is 124 Å². The molecule has 2 atom stereocenters. The molecule has 2 unspecified atom stereocenters. The molecule has 0 bridgehead atoms. The van der Waals surface area contributed by atoms with Crippen molar-refractivity contribution in [3.63, 3.8) is 0 Å². The smallest absolute Gasteiger partial charge is 0.315 e. The topological polar surface area (TPSA) is 91.3 Å². The Morgan fingerprint density at radius 1 is 1.38 bits per heavy atom. The molecule has 2 rings (SSSR count). The van der Waals surface area contributed by atoms with Crippen LogP contribution in [-0.2, 0) is 11.3 Å². The van der Waals surface area contributed by atoms with E-state index in [-0.39, 0.29) is 12.1 Å². The predicted molar refractivity (Wildman–Crippen MR) is 77.7 cm³/mol. The quantitative estimate of drug-likeness (QED) is 0.789. The Morgan fingerprint density at radius 3 is 2.86 bits per heavy atom. The molecule has 1 aliphatic rings. The molecule has 6 heteroatoms. The number of hydrogen-bond donors (Lipinski definition) is 3. The molecule has 2 amide bonds. The lowest BCUT2D eigenvalue weighted by molar-refractivity contribution is -0.143. The van der Waals surface area contributed by atoms with Crippen molar-refractivity contribution in [1.82, 2.24) is 15.6 Å². The monoisotopic (exact) mass is 291 g/mol. The number of pyridine rings is 1. The second-order valence-corrected chi connectivity index (χ2v) is 5.46. The van der Waals surface area contributed by atoms with Gasteiger partial charge in [0.1, 0.15) is 0 Å². The minimum absolute atomic E-state index is 0.286. The molecule has 114 valence electrons. The Kier molecular flexibility index (Phi) is 5.14. The highest BCUT2D eigenvalue weighted by atomic mass is 16.4. The number of rotatable bonds is 4. The van der Waals surface area contributed by atoms with Crippen LogP contribution in [0.2, 0.25) is 0 Å². The number of hydrogen-bond acceptors (Lipinski definition) is 3. The van der Waals surface area contributed by atoms with Crippen LogP contribution in [0.1, 0.15) is 36.8 Å². The highest BCUT2D eigenvalue weighted by Gasteiger charge is 2.31. The van der Waals surface area contributed by atoms with Crippen molar-refractivity contribution in [2.45, 2.75) is 45.2 Å². The van der Waals surface area contributed by atoms with Gasteiger partial charge in [0.2, 0.25) is 0 Å². The highest BCUT2D eigenvalue weighted by molar-refractivity contribution is 5.76. The third-order valence-corrected chi connectivity index (χ3v) is 3.99. The molecule has 1 aromatic rings. The number of aromatic nitrogens is 1. The van der Waals surface area contributed by atoms with E-state index >= 15 is 0 Å². The van der Waals surface area contributed by atoms with Gasteiger partial charge < -0.3 is 15.7 Å². The Balaban J connectivity index is 1.86. The highest BCUT2D eigenvalue weighted by Crippen LogP contribution is 2.24. The van der Waals surface area contributed by atoms with Gasteiger partial charge in [-0.3, -0.25) is 9.78 Å². The van der Waals surface area contributed by atoms with Gasteiger partial charge in [-0.05, 0) is 37.0 Å². The van der Waals surface area contributed by atoms with Crippen LogP contribution in [0.3, 0.4) is 0 Å². The molecule has 3 N–H and O–H groups in total. The number of carboxylic acids is 1. The lowest BCUT2D eigenvalue weighted by Crippen LogP contribution is -2.48. The fourth-order valence-corrected chi connectivity index (χ4v) is 2.68. The maximum atomic E-state index is 11.9. The van der Waals surface area contributed by atoms with Crippen molar-refractivity contribution in [1.29, 1.82) is 0 Å². The predicted octanol–water partition coefficient (Wildman–Crippen LogP) is 1.83. The minimum Gasteiger partial charge on any atom is -0.481 e. The van der Waals surface area contributed by atoms with Crippen LogP contribution in [0.15, 0.2) is 18.5 Å². The van der Waals surface area contributed by atoms with Gasteiger partial charge in [-0.25, -0.2) is 4.79 Å². The standard InChI is InChI=1S/C15H21N3O3/c1-10-6-7-16-8-11(10)9-17-15(21)18-13-5-3-2-4-12(13)14(19)20/h6-8,12-13H,2-5,9H2,1H3,(H,19,20)(H2,17,18,21). The van der Waals surface area contributed by atoms with E-state index in [1.165, 1.54) is 0 Å². The average Bonchev–Trinajstić information content (AvgIpc) is 2.47. The molecule has 1 aromatic heterocycles. The lowest BCUT2D eigenvalue weighted by Gasteiger charge is -2.29. The van der Waals surface area contributed by atoms with E-state index in [0.29, 0.717) is 13.0 Å². The normalized spacial score (nSPS) is 21.6. The summed E-state index contributed by atoms with van der Waals surface area (Å²) in [6, 6.07) is 1.28. The van der Waals surface area contributed by atoms with Crippen molar-refractivity contribution in [3.05, 3.63) is 29.6 Å². The number of urea groups is 1. The second kappa shape index (κ2) is 7.06. The number of nitrogens with one attached hydrogen (secondary N) is 2. The molecule has 0 saturated heterocycles. The van der Waals surface area contributed by atoms with Gasteiger partial charge in [-0.15, -0.1) is 0 Å². The van der Waals surface area contributed by atoms with E-state index in [1.54, 1.807) is 12.4 Å². The van der Waals surface area contributed by atoms with Gasteiger partial charge in [0.25, 0.3) is 0 Å². The SMILES string of the molecule is Cc1ccncc1CNC(=O)NC1CCCCC1C(=O)O. The Hall–Kier alpha value is -2.11. The van der Waals surface area contributed by atoms with E-state index in [0.717, 1.165) is 30.4 Å². The van der Waals surface area contributed by atoms with E-state index in [9.17, 15) is 14.7 Å². The maximum Gasteiger partial charge on any atom is 0.315 e. The summed E-state index contributed by atoms with van der Waals surface area (Å²) in [5.41, 5.74) is 2.01. The first-order chi connectivity index (χ1) is 10.1. The number of carbonyl (C=O) groups excluding carboxylic acids is 1. The maximum absolute atomic E-state index is 11.9. The summed E-state index contributed by atoms with van der Waals surface area (Å²) in [6.07, 6.45) is 6.63. The minimum atomic E-state index is -0.830. The largest absolute Gasteiger partial charge is 0.481 e. The number of amides is 2. The zero-order valence-electron chi connectivity index (χ0n) is 12.1. The molecule has 0 aromatic carbocycles. The number of aryl methyl sites for hydroxylation is 1. The average molecular weight is 291 g/mol. The van der Waals surface area contributed by atoms with Crippen LogP contribution >= 0.6 is 0 Å². The molecule has 0 radical (unpaired) electrons. The summed E-state index contributed by atoms with van der Waals surface area (Å²) >= 11 is 0. The summed E-state index contributed by atoms with van der Waals surface area (Å²) in [5, 5.41) is 14.7. The van der Waals surface area contributed by atoms with E-state index < -0.39 is 11.9 Å². The molecule has 0 aliphatic heterocycles. The van der Waals surface area contributed by atoms with Gasteiger partial charge >= 0.3 is 12.0 Å². The van der Waals surface area contributed by atoms with Gasteiger partial charge in [0.15, 0.2) is 0 Å². The number of carbonyl (C=O) groups is 2. The zero-order valence-corrected chi connectivity index (χ0v) is 12.1. The molecular formula is C15H21N3O3. The second-order valence-electron chi connectivity index (χ2n) is 5.46. The van der Waals surface area contributed by atoms with Gasteiger partial charge in [-0.1, -0.05) is 12.8 Å².